The van der Waals surface area contributed by atoms with Gasteiger partial charge in [0.05, 0.1) is 0 Å². The molecule has 0 atom stereocenters. The van der Waals surface area contributed by atoms with Crippen LogP contribution in [0.25, 0.3) is 0 Å². The number of esters is 1. The first-order valence-corrected chi connectivity index (χ1v) is 5.59. The SMILES string of the molecule is CC(=O)OCC(C)(C)Oc1ccc(OBO)cc1. The van der Waals surface area contributed by atoms with Gasteiger partial charge >= 0.3 is 13.7 Å². The molecule has 0 aliphatic rings. The Morgan fingerprint density at radius 2 is 1.83 bits per heavy atom. The van der Waals surface area contributed by atoms with Crippen LogP contribution in [-0.2, 0) is 9.53 Å². The largest absolute Gasteiger partial charge is 0.539 e. The Morgan fingerprint density at radius 1 is 1.28 bits per heavy atom. The molecule has 0 spiro atoms. The van der Waals surface area contributed by atoms with Crippen molar-refractivity contribution < 1.29 is 23.9 Å². The first-order chi connectivity index (χ1) is 8.43. The molecular formula is C12H17BO5. The Morgan fingerprint density at radius 3 is 2.33 bits per heavy atom. The van der Waals surface area contributed by atoms with Gasteiger partial charge < -0.3 is 19.2 Å². The smallest absolute Gasteiger partial charge is 0.504 e. The molecule has 0 saturated heterocycles. The van der Waals surface area contributed by atoms with E-state index in [2.05, 4.69) is 0 Å². The highest BCUT2D eigenvalue weighted by atomic mass is 16.6. The van der Waals surface area contributed by atoms with Gasteiger partial charge in [0.15, 0.2) is 0 Å². The quantitative estimate of drug-likeness (QED) is 0.605. The second-order valence-corrected chi connectivity index (χ2v) is 4.39. The van der Waals surface area contributed by atoms with E-state index in [-0.39, 0.29) is 20.3 Å². The lowest BCUT2D eigenvalue weighted by molar-refractivity contribution is -0.146. The van der Waals surface area contributed by atoms with E-state index in [0.29, 0.717) is 11.5 Å². The van der Waals surface area contributed by atoms with Gasteiger partial charge in [0.25, 0.3) is 0 Å². The first-order valence-electron chi connectivity index (χ1n) is 5.59. The molecule has 0 amide bonds. The van der Waals surface area contributed by atoms with Crippen molar-refractivity contribution in [3.63, 3.8) is 0 Å². The van der Waals surface area contributed by atoms with Crippen molar-refractivity contribution in [3.05, 3.63) is 24.3 Å². The fraction of sp³-hybridized carbons (Fsp3) is 0.417. The molecule has 1 rings (SSSR count). The van der Waals surface area contributed by atoms with Gasteiger partial charge in [0.1, 0.15) is 23.7 Å². The maximum Gasteiger partial charge on any atom is 0.504 e. The minimum Gasteiger partial charge on any atom is -0.539 e. The van der Waals surface area contributed by atoms with E-state index in [1.165, 1.54) is 6.92 Å². The Balaban J connectivity index is 2.57. The molecule has 0 aromatic heterocycles. The molecule has 5 nitrogen and oxygen atoms in total. The zero-order valence-corrected chi connectivity index (χ0v) is 10.8. The molecule has 1 N–H and O–H groups in total. The van der Waals surface area contributed by atoms with Crippen LogP contribution in [-0.4, -0.2) is 30.9 Å². The third kappa shape index (κ3) is 5.10. The van der Waals surface area contributed by atoms with E-state index in [9.17, 15) is 4.79 Å². The summed E-state index contributed by atoms with van der Waals surface area (Å²) < 4.78 is 15.5. The van der Waals surface area contributed by atoms with Gasteiger partial charge in [-0.3, -0.25) is 4.79 Å². The summed E-state index contributed by atoms with van der Waals surface area (Å²) in [6.07, 6.45) is 0. The van der Waals surface area contributed by atoms with Gasteiger partial charge in [0, 0.05) is 6.92 Å². The minimum absolute atomic E-state index is 0.178. The van der Waals surface area contributed by atoms with Crippen LogP contribution in [0.5, 0.6) is 11.5 Å². The average Bonchev–Trinajstić information content (AvgIpc) is 2.29. The molecule has 0 bridgehead atoms. The predicted molar refractivity (Wildman–Crippen MR) is 67.8 cm³/mol. The summed E-state index contributed by atoms with van der Waals surface area (Å²) in [4.78, 5) is 10.7. The summed E-state index contributed by atoms with van der Waals surface area (Å²) in [5.74, 6) is 0.860. The Bertz CT molecular complexity index is 388. The second kappa shape index (κ2) is 6.30. The molecule has 0 saturated carbocycles. The molecule has 98 valence electrons. The fourth-order valence-electron chi connectivity index (χ4n) is 1.30. The summed E-state index contributed by atoms with van der Waals surface area (Å²) in [6, 6.07) is 6.82. The van der Waals surface area contributed by atoms with E-state index >= 15 is 0 Å². The molecule has 0 heterocycles. The summed E-state index contributed by atoms with van der Waals surface area (Å²) >= 11 is 0. The van der Waals surface area contributed by atoms with Gasteiger partial charge in [0.2, 0.25) is 0 Å². The molecule has 1 aromatic carbocycles. The molecule has 0 aliphatic carbocycles. The van der Waals surface area contributed by atoms with Crippen LogP contribution in [0.4, 0.5) is 0 Å². The van der Waals surface area contributed by atoms with Crippen LogP contribution in [0.15, 0.2) is 24.3 Å². The van der Waals surface area contributed by atoms with Crippen LogP contribution >= 0.6 is 0 Å². The predicted octanol–water partition coefficient (Wildman–Crippen LogP) is 1.04. The zero-order chi connectivity index (χ0) is 13.6. The lowest BCUT2D eigenvalue weighted by Gasteiger charge is -2.25. The van der Waals surface area contributed by atoms with E-state index in [4.69, 9.17) is 19.2 Å². The number of benzene rings is 1. The van der Waals surface area contributed by atoms with E-state index in [1.807, 2.05) is 13.8 Å². The van der Waals surface area contributed by atoms with E-state index in [1.54, 1.807) is 24.3 Å². The molecule has 0 fully saturated rings. The number of hydrogen-bond acceptors (Lipinski definition) is 5. The molecular weight excluding hydrogens is 235 g/mol. The van der Waals surface area contributed by atoms with Crippen molar-refractivity contribution in [1.82, 2.24) is 0 Å². The topological polar surface area (TPSA) is 65.0 Å². The van der Waals surface area contributed by atoms with Crippen molar-refractivity contribution in [2.75, 3.05) is 6.61 Å². The van der Waals surface area contributed by atoms with Crippen molar-refractivity contribution in [2.24, 2.45) is 0 Å². The maximum atomic E-state index is 10.7. The first kappa shape index (κ1) is 14.4. The summed E-state index contributed by atoms with van der Waals surface area (Å²) in [6.45, 7) is 5.19. The lowest BCUT2D eigenvalue weighted by atomic mass is 10.1. The van der Waals surface area contributed by atoms with E-state index < -0.39 is 5.60 Å². The van der Waals surface area contributed by atoms with Gasteiger partial charge in [-0.2, -0.15) is 0 Å². The molecule has 1 aromatic rings. The molecule has 6 heteroatoms. The monoisotopic (exact) mass is 252 g/mol. The standard InChI is InChI=1S/C12H17BO5/c1-9(14)16-8-12(2,3)17-10-4-6-11(7-5-10)18-13-15/h4-7,13,15H,8H2,1-3H3. The van der Waals surface area contributed by atoms with Crippen molar-refractivity contribution in [1.29, 1.82) is 0 Å². The zero-order valence-electron chi connectivity index (χ0n) is 10.8. The number of carbonyl (C=O) groups is 1. The summed E-state index contributed by atoms with van der Waals surface area (Å²) in [5, 5.41) is 8.60. The van der Waals surface area contributed by atoms with Crippen LogP contribution in [0, 0.1) is 0 Å². The second-order valence-electron chi connectivity index (χ2n) is 4.39. The Kier molecular flexibility index (Phi) is 5.03. The van der Waals surface area contributed by atoms with Gasteiger partial charge in [-0.1, -0.05) is 0 Å². The van der Waals surface area contributed by atoms with Crippen LogP contribution in [0.1, 0.15) is 20.8 Å². The Labute approximate surface area is 107 Å². The highest BCUT2D eigenvalue weighted by Crippen LogP contribution is 2.22. The van der Waals surface area contributed by atoms with Crippen molar-refractivity contribution >= 4 is 13.7 Å². The molecule has 0 unspecified atom stereocenters. The normalized spacial score (nSPS) is 10.7. The Hall–Kier alpha value is -1.69. The highest BCUT2D eigenvalue weighted by Gasteiger charge is 2.21. The number of rotatable bonds is 6. The van der Waals surface area contributed by atoms with E-state index in [0.717, 1.165) is 0 Å². The molecule has 18 heavy (non-hydrogen) atoms. The highest BCUT2D eigenvalue weighted by molar-refractivity contribution is 6.17. The maximum absolute atomic E-state index is 10.7. The van der Waals surface area contributed by atoms with Crippen LogP contribution < -0.4 is 9.39 Å². The third-order valence-electron chi connectivity index (χ3n) is 2.07. The third-order valence-corrected chi connectivity index (χ3v) is 2.07. The van der Waals surface area contributed by atoms with Crippen molar-refractivity contribution in [2.45, 2.75) is 26.4 Å². The number of carbonyl (C=O) groups excluding carboxylic acids is 1. The van der Waals surface area contributed by atoms with Gasteiger partial charge in [-0.15, -0.1) is 0 Å². The minimum atomic E-state index is -0.606. The van der Waals surface area contributed by atoms with Crippen LogP contribution in [0.3, 0.4) is 0 Å². The van der Waals surface area contributed by atoms with Gasteiger partial charge in [-0.25, -0.2) is 0 Å². The van der Waals surface area contributed by atoms with Crippen LogP contribution in [0.2, 0.25) is 0 Å². The average molecular weight is 252 g/mol. The lowest BCUT2D eigenvalue weighted by Crippen LogP contribution is -2.34. The summed E-state index contributed by atoms with van der Waals surface area (Å²) in [7, 11) is -0.363. The van der Waals surface area contributed by atoms with Crippen molar-refractivity contribution in [3.8, 4) is 11.5 Å². The fourth-order valence-corrected chi connectivity index (χ4v) is 1.30. The summed E-state index contributed by atoms with van der Waals surface area (Å²) in [5.41, 5.74) is -0.606. The number of ether oxygens (including phenoxy) is 2. The molecule has 0 radical (unpaired) electrons. The molecule has 0 aliphatic heterocycles. The van der Waals surface area contributed by atoms with Gasteiger partial charge in [-0.05, 0) is 38.1 Å². The number of hydrogen-bond donors (Lipinski definition) is 1.